The Balaban J connectivity index is 1.97. The van der Waals surface area contributed by atoms with Gasteiger partial charge in [0.05, 0.1) is 5.69 Å². The minimum Gasteiger partial charge on any atom is -0.256 e. The molecular formula is C28H27N. The number of rotatable bonds is 1. The van der Waals surface area contributed by atoms with E-state index in [1.165, 1.54) is 49.7 Å². The molecule has 0 spiro atoms. The zero-order valence-electron chi connectivity index (χ0n) is 17.9. The second kappa shape index (κ2) is 6.29. The van der Waals surface area contributed by atoms with Crippen LogP contribution in [-0.4, -0.2) is 4.98 Å². The van der Waals surface area contributed by atoms with Crippen molar-refractivity contribution in [2.45, 2.75) is 46.0 Å². The van der Waals surface area contributed by atoms with E-state index in [0.717, 1.165) is 5.69 Å². The van der Waals surface area contributed by atoms with Crippen molar-refractivity contribution in [2.75, 3.05) is 0 Å². The zero-order chi connectivity index (χ0) is 20.3. The van der Waals surface area contributed by atoms with Gasteiger partial charge in [0.25, 0.3) is 0 Å². The number of fused-ring (bicyclic) bond motifs is 5. The second-order valence-electron chi connectivity index (χ2n) is 9.54. The molecule has 1 nitrogen and oxygen atoms in total. The minimum absolute atomic E-state index is 0.0903. The summed E-state index contributed by atoms with van der Waals surface area (Å²) in [7, 11) is 0. The Labute approximate surface area is 173 Å². The number of hydrogen-bond donors (Lipinski definition) is 0. The minimum atomic E-state index is 0.0903. The summed E-state index contributed by atoms with van der Waals surface area (Å²) >= 11 is 0. The molecule has 5 rings (SSSR count). The fourth-order valence-electron chi connectivity index (χ4n) is 4.47. The number of pyridine rings is 1. The first-order chi connectivity index (χ1) is 13.8. The van der Waals surface area contributed by atoms with Gasteiger partial charge in [0.2, 0.25) is 0 Å². The summed E-state index contributed by atoms with van der Waals surface area (Å²) in [6.07, 6.45) is 1.96. The molecule has 4 aromatic rings. The number of nitrogens with zero attached hydrogens (tertiary/aromatic N) is 1. The molecule has 1 aromatic heterocycles. The molecule has 1 heteroatoms. The van der Waals surface area contributed by atoms with Crippen molar-refractivity contribution in [2.24, 2.45) is 0 Å². The fourth-order valence-corrected chi connectivity index (χ4v) is 4.47. The first-order valence-electron chi connectivity index (χ1n) is 10.5. The molecular weight excluding hydrogens is 350 g/mol. The van der Waals surface area contributed by atoms with Crippen LogP contribution in [0.25, 0.3) is 44.3 Å². The molecule has 0 radical (unpaired) electrons. The molecule has 0 saturated carbocycles. The molecule has 0 aliphatic heterocycles. The normalized spacial score (nSPS) is 12.6. The van der Waals surface area contributed by atoms with Crippen LogP contribution >= 0.6 is 0 Å². The van der Waals surface area contributed by atoms with Crippen LogP contribution in [0.5, 0.6) is 0 Å². The van der Waals surface area contributed by atoms with Crippen molar-refractivity contribution >= 4 is 10.8 Å². The van der Waals surface area contributed by atoms with Gasteiger partial charge < -0.3 is 0 Å². The lowest BCUT2D eigenvalue weighted by molar-refractivity contribution is 0.591. The van der Waals surface area contributed by atoms with Gasteiger partial charge in [-0.1, -0.05) is 83.1 Å². The maximum atomic E-state index is 4.89. The van der Waals surface area contributed by atoms with Crippen molar-refractivity contribution in [1.82, 2.24) is 4.98 Å². The molecule has 144 valence electrons. The van der Waals surface area contributed by atoms with E-state index >= 15 is 0 Å². The summed E-state index contributed by atoms with van der Waals surface area (Å²) in [6, 6.07) is 22.6. The summed E-state index contributed by atoms with van der Waals surface area (Å²) in [5.41, 5.74) is 10.3. The molecule has 3 aromatic carbocycles. The van der Waals surface area contributed by atoms with E-state index in [0.29, 0.717) is 5.92 Å². The molecule has 1 heterocycles. The summed E-state index contributed by atoms with van der Waals surface area (Å²) in [4.78, 5) is 4.89. The van der Waals surface area contributed by atoms with Crippen LogP contribution in [-0.2, 0) is 5.41 Å². The maximum absolute atomic E-state index is 4.89. The van der Waals surface area contributed by atoms with Gasteiger partial charge in [-0.15, -0.1) is 0 Å². The van der Waals surface area contributed by atoms with Crippen LogP contribution in [0.1, 0.15) is 51.7 Å². The van der Waals surface area contributed by atoms with Crippen molar-refractivity contribution in [3.8, 4) is 33.5 Å². The highest BCUT2D eigenvalue weighted by Gasteiger charge is 2.25. The molecule has 0 amide bonds. The monoisotopic (exact) mass is 377 g/mol. The van der Waals surface area contributed by atoms with E-state index in [2.05, 4.69) is 95.3 Å². The topological polar surface area (TPSA) is 12.9 Å². The smallest absolute Gasteiger partial charge is 0.0792 e. The third-order valence-corrected chi connectivity index (χ3v) is 6.20. The summed E-state index contributed by atoms with van der Waals surface area (Å²) in [5.74, 6) is 0.495. The van der Waals surface area contributed by atoms with E-state index in [1.807, 2.05) is 6.20 Å². The number of hydrogen-bond acceptors (Lipinski definition) is 1. The highest BCUT2D eigenvalue weighted by atomic mass is 14.7. The largest absolute Gasteiger partial charge is 0.256 e. The zero-order valence-corrected chi connectivity index (χ0v) is 17.9. The molecule has 29 heavy (non-hydrogen) atoms. The van der Waals surface area contributed by atoms with E-state index in [1.54, 1.807) is 0 Å². The van der Waals surface area contributed by atoms with Gasteiger partial charge in [-0.05, 0) is 62.2 Å². The lowest BCUT2D eigenvalue weighted by atomic mass is 9.83. The average molecular weight is 378 g/mol. The van der Waals surface area contributed by atoms with Gasteiger partial charge in [-0.3, -0.25) is 4.98 Å². The molecule has 1 aliphatic rings. The Morgan fingerprint density at radius 3 is 2.14 bits per heavy atom. The van der Waals surface area contributed by atoms with Crippen LogP contribution in [0.2, 0.25) is 0 Å². The Morgan fingerprint density at radius 1 is 0.724 bits per heavy atom. The quantitative estimate of drug-likeness (QED) is 0.289. The van der Waals surface area contributed by atoms with Gasteiger partial charge in [0.1, 0.15) is 0 Å². The third-order valence-electron chi connectivity index (χ3n) is 6.20. The van der Waals surface area contributed by atoms with Gasteiger partial charge in [-0.2, -0.15) is 0 Å². The van der Waals surface area contributed by atoms with Gasteiger partial charge in [-0.25, -0.2) is 0 Å². The lowest BCUT2D eigenvalue weighted by Gasteiger charge is -2.22. The molecule has 0 N–H and O–H groups in total. The van der Waals surface area contributed by atoms with Gasteiger partial charge in [0.15, 0.2) is 0 Å². The van der Waals surface area contributed by atoms with E-state index in [9.17, 15) is 0 Å². The van der Waals surface area contributed by atoms with Crippen molar-refractivity contribution < 1.29 is 0 Å². The molecule has 0 bridgehead atoms. The maximum Gasteiger partial charge on any atom is 0.0792 e. The van der Waals surface area contributed by atoms with Crippen LogP contribution in [0, 0.1) is 0 Å². The van der Waals surface area contributed by atoms with Crippen molar-refractivity contribution in [3.63, 3.8) is 0 Å². The number of aromatic nitrogens is 1. The Kier molecular flexibility index (Phi) is 3.93. The molecule has 0 atom stereocenters. The van der Waals surface area contributed by atoms with Crippen molar-refractivity contribution in [1.29, 1.82) is 0 Å². The Bertz CT molecular complexity index is 1260. The highest BCUT2D eigenvalue weighted by molar-refractivity contribution is 6.12. The fraction of sp³-hybridized carbons (Fsp3) is 0.250. The third kappa shape index (κ3) is 2.80. The van der Waals surface area contributed by atoms with Crippen LogP contribution in [0.4, 0.5) is 0 Å². The standard InChI is InChI=1S/C28H27N/c1-17(2)18-10-11-23-24(15-18)21-8-6-7-9-22(21)25-16-20(28(3,4)5)14-19-12-13-29-27(23)26(19)25/h6-17H,1-5H3. The summed E-state index contributed by atoms with van der Waals surface area (Å²) < 4.78 is 0. The Morgan fingerprint density at radius 2 is 1.45 bits per heavy atom. The van der Waals surface area contributed by atoms with Crippen LogP contribution in [0.3, 0.4) is 0 Å². The molecule has 0 saturated heterocycles. The van der Waals surface area contributed by atoms with Gasteiger partial charge in [0, 0.05) is 17.1 Å². The predicted octanol–water partition coefficient (Wildman–Crippen LogP) is 7.97. The first kappa shape index (κ1) is 18.1. The van der Waals surface area contributed by atoms with Gasteiger partial charge >= 0.3 is 0 Å². The Hall–Kier alpha value is -2.93. The number of benzene rings is 3. The first-order valence-corrected chi connectivity index (χ1v) is 10.5. The lowest BCUT2D eigenvalue weighted by Crippen LogP contribution is -2.11. The average Bonchev–Trinajstić information content (AvgIpc) is 2.82. The molecule has 1 aliphatic carbocycles. The predicted molar refractivity (Wildman–Crippen MR) is 124 cm³/mol. The van der Waals surface area contributed by atoms with Crippen molar-refractivity contribution in [3.05, 3.63) is 78.0 Å². The van der Waals surface area contributed by atoms with Crippen LogP contribution in [0.15, 0.2) is 66.9 Å². The van der Waals surface area contributed by atoms with E-state index in [4.69, 9.17) is 4.98 Å². The van der Waals surface area contributed by atoms with Crippen LogP contribution < -0.4 is 0 Å². The second-order valence-corrected chi connectivity index (χ2v) is 9.54. The summed E-state index contributed by atoms with van der Waals surface area (Å²) in [6.45, 7) is 11.4. The SMILES string of the molecule is CC(C)c1ccc2c(c1)-c1ccccc1-c1cc(C(C)(C)C)cc3ccnc-2c13. The molecule has 0 unspecified atom stereocenters. The van der Waals surface area contributed by atoms with E-state index < -0.39 is 0 Å². The van der Waals surface area contributed by atoms with E-state index in [-0.39, 0.29) is 5.41 Å². The summed E-state index contributed by atoms with van der Waals surface area (Å²) in [5, 5.41) is 2.54. The highest BCUT2D eigenvalue weighted by Crippen LogP contribution is 2.48. The molecule has 0 fully saturated rings.